The molecule has 1 fully saturated rings. The van der Waals surface area contributed by atoms with Gasteiger partial charge in [-0.3, -0.25) is 19.7 Å². The predicted octanol–water partition coefficient (Wildman–Crippen LogP) is 3.73. The summed E-state index contributed by atoms with van der Waals surface area (Å²) in [6, 6.07) is 13.4. The minimum absolute atomic E-state index is 0.101. The Kier molecular flexibility index (Phi) is 6.03. The molecule has 0 saturated carbocycles. The van der Waals surface area contributed by atoms with Gasteiger partial charge in [0.25, 0.3) is 5.91 Å². The van der Waals surface area contributed by atoms with Crippen LogP contribution in [0.1, 0.15) is 40.5 Å². The van der Waals surface area contributed by atoms with E-state index in [1.165, 1.54) is 12.1 Å². The molecule has 2 aromatic rings. The maximum Gasteiger partial charge on any atom is 0.311 e. The molecule has 3 rings (SSSR count). The lowest BCUT2D eigenvalue weighted by Gasteiger charge is -2.31. The van der Waals surface area contributed by atoms with Gasteiger partial charge in [0.1, 0.15) is 0 Å². The normalized spacial score (nSPS) is 14.5. The number of nitro benzene ring substituents is 1. The molecule has 0 aromatic heterocycles. The lowest BCUT2D eigenvalue weighted by Crippen LogP contribution is -2.40. The average molecular weight is 382 g/mol. The first-order valence-corrected chi connectivity index (χ1v) is 9.31. The third-order valence-electron chi connectivity index (χ3n) is 4.91. The van der Waals surface area contributed by atoms with Gasteiger partial charge >= 0.3 is 5.69 Å². The summed E-state index contributed by atoms with van der Waals surface area (Å²) in [7, 11) is 0. The quantitative estimate of drug-likeness (QED) is 0.431. The predicted molar refractivity (Wildman–Crippen MR) is 104 cm³/mol. The summed E-state index contributed by atoms with van der Waals surface area (Å²) in [5.74, 6) is -0.126. The van der Waals surface area contributed by atoms with Crippen molar-refractivity contribution in [1.82, 2.24) is 4.90 Å². The number of hydrogen-bond donors (Lipinski definition) is 0. The van der Waals surface area contributed by atoms with Crippen molar-refractivity contribution in [3.05, 3.63) is 69.8 Å². The highest BCUT2D eigenvalue weighted by molar-refractivity contribution is 5.98. The molecule has 0 aliphatic carbocycles. The number of benzene rings is 2. The van der Waals surface area contributed by atoms with E-state index in [0.717, 1.165) is 0 Å². The fraction of sp³-hybridized carbons (Fsp3) is 0.333. The van der Waals surface area contributed by atoms with Gasteiger partial charge in [0.2, 0.25) is 0 Å². The van der Waals surface area contributed by atoms with Crippen molar-refractivity contribution in [1.29, 1.82) is 0 Å². The number of carbonyl (C=O) groups excluding carboxylic acids is 2. The number of rotatable bonds is 6. The molecular weight excluding hydrogens is 360 g/mol. The van der Waals surface area contributed by atoms with Crippen LogP contribution in [-0.4, -0.2) is 41.2 Å². The number of piperidine rings is 1. The summed E-state index contributed by atoms with van der Waals surface area (Å²) in [6.45, 7) is 2.94. The summed E-state index contributed by atoms with van der Waals surface area (Å²) in [4.78, 5) is 37.7. The maximum absolute atomic E-state index is 12.8. The van der Waals surface area contributed by atoms with Gasteiger partial charge in [-0.25, -0.2) is 0 Å². The molecule has 2 aromatic carbocycles. The zero-order chi connectivity index (χ0) is 20.1. The Bertz CT molecular complexity index is 874. The Morgan fingerprint density at radius 3 is 2.39 bits per heavy atom. The van der Waals surface area contributed by atoms with E-state index < -0.39 is 4.92 Å². The highest BCUT2D eigenvalue weighted by Crippen LogP contribution is 2.29. The highest BCUT2D eigenvalue weighted by atomic mass is 16.6. The van der Waals surface area contributed by atoms with Gasteiger partial charge in [0, 0.05) is 36.2 Å². The zero-order valence-electron chi connectivity index (χ0n) is 15.7. The van der Waals surface area contributed by atoms with Crippen LogP contribution in [0.5, 0.6) is 5.75 Å². The van der Waals surface area contributed by atoms with E-state index in [1.807, 2.05) is 18.2 Å². The number of ketones is 1. The lowest BCUT2D eigenvalue weighted by molar-refractivity contribution is -0.385. The average Bonchev–Trinajstić information content (AvgIpc) is 2.74. The van der Waals surface area contributed by atoms with Crippen LogP contribution >= 0.6 is 0 Å². The molecule has 1 aliphatic heterocycles. The molecule has 0 atom stereocenters. The Balaban J connectivity index is 1.67. The summed E-state index contributed by atoms with van der Waals surface area (Å²) in [5.41, 5.74) is 0.722. The molecule has 28 heavy (non-hydrogen) atoms. The number of amides is 1. The molecule has 0 bridgehead atoms. The fourth-order valence-corrected chi connectivity index (χ4v) is 3.44. The Morgan fingerprint density at radius 1 is 1.11 bits per heavy atom. The Morgan fingerprint density at radius 2 is 1.79 bits per heavy atom. The first kappa shape index (κ1) is 19.5. The van der Waals surface area contributed by atoms with Crippen LogP contribution in [0.2, 0.25) is 0 Å². The first-order valence-electron chi connectivity index (χ1n) is 9.31. The molecule has 0 radical (unpaired) electrons. The van der Waals surface area contributed by atoms with Gasteiger partial charge in [0.05, 0.1) is 11.5 Å². The second-order valence-electron chi connectivity index (χ2n) is 6.67. The minimum Gasteiger partial charge on any atom is -0.487 e. The number of hydrogen-bond acceptors (Lipinski definition) is 5. The van der Waals surface area contributed by atoms with Gasteiger partial charge in [-0.05, 0) is 31.9 Å². The Hall–Kier alpha value is -3.22. The van der Waals surface area contributed by atoms with Crippen LogP contribution in [0.15, 0.2) is 48.5 Å². The van der Waals surface area contributed by atoms with E-state index in [-0.39, 0.29) is 34.6 Å². The number of carbonyl (C=O) groups is 2. The van der Waals surface area contributed by atoms with Crippen molar-refractivity contribution in [2.75, 3.05) is 19.7 Å². The standard InChI is InChI=1S/C21H22N2O5/c1-2-28-19-9-8-17(14-18(19)23(26)27)21(25)22-12-10-16(11-13-22)20(24)15-6-4-3-5-7-15/h3-9,14,16H,2,10-13H2,1H3. The van der Waals surface area contributed by atoms with Crippen LogP contribution < -0.4 is 4.74 Å². The summed E-state index contributed by atoms with van der Waals surface area (Å²) in [6.07, 6.45) is 1.16. The molecule has 1 amide bonds. The Labute approximate surface area is 163 Å². The topological polar surface area (TPSA) is 89.8 Å². The van der Waals surface area contributed by atoms with Crippen molar-refractivity contribution in [2.24, 2.45) is 5.92 Å². The van der Waals surface area contributed by atoms with Crippen molar-refractivity contribution < 1.29 is 19.2 Å². The van der Waals surface area contributed by atoms with Gasteiger partial charge < -0.3 is 9.64 Å². The van der Waals surface area contributed by atoms with E-state index in [0.29, 0.717) is 38.1 Å². The van der Waals surface area contributed by atoms with Crippen LogP contribution in [-0.2, 0) is 0 Å². The maximum atomic E-state index is 12.8. The molecule has 1 aliphatic rings. The molecule has 1 saturated heterocycles. The van der Waals surface area contributed by atoms with Crippen LogP contribution in [0.4, 0.5) is 5.69 Å². The molecule has 0 unspecified atom stereocenters. The molecule has 1 heterocycles. The molecular formula is C21H22N2O5. The lowest BCUT2D eigenvalue weighted by atomic mass is 9.88. The van der Waals surface area contributed by atoms with Gasteiger partial charge in [-0.1, -0.05) is 30.3 Å². The smallest absolute Gasteiger partial charge is 0.311 e. The SMILES string of the molecule is CCOc1ccc(C(=O)N2CCC(C(=O)c3ccccc3)CC2)cc1[N+](=O)[O-]. The molecule has 0 N–H and O–H groups in total. The zero-order valence-corrected chi connectivity index (χ0v) is 15.7. The van der Waals surface area contributed by atoms with Gasteiger partial charge in [-0.15, -0.1) is 0 Å². The van der Waals surface area contributed by atoms with Crippen molar-refractivity contribution in [3.63, 3.8) is 0 Å². The van der Waals surface area contributed by atoms with Crippen molar-refractivity contribution >= 4 is 17.4 Å². The summed E-state index contributed by atoms with van der Waals surface area (Å²) in [5, 5.41) is 11.3. The third kappa shape index (κ3) is 4.19. The van der Waals surface area contributed by atoms with Crippen molar-refractivity contribution in [2.45, 2.75) is 19.8 Å². The monoisotopic (exact) mass is 382 g/mol. The van der Waals surface area contributed by atoms with E-state index in [1.54, 1.807) is 30.0 Å². The summed E-state index contributed by atoms with van der Waals surface area (Å²) < 4.78 is 5.26. The van der Waals surface area contributed by atoms with Crippen LogP contribution in [0, 0.1) is 16.0 Å². The number of Topliss-reactive ketones (excluding diaryl/α,β-unsaturated/α-hetero) is 1. The number of ether oxygens (including phenoxy) is 1. The van der Waals surface area contributed by atoms with Crippen LogP contribution in [0.3, 0.4) is 0 Å². The summed E-state index contributed by atoms with van der Waals surface area (Å²) >= 11 is 0. The number of likely N-dealkylation sites (tertiary alicyclic amines) is 1. The third-order valence-corrected chi connectivity index (χ3v) is 4.91. The van der Waals surface area contributed by atoms with Gasteiger partial charge in [-0.2, -0.15) is 0 Å². The van der Waals surface area contributed by atoms with Crippen LogP contribution in [0.25, 0.3) is 0 Å². The van der Waals surface area contributed by atoms with E-state index in [9.17, 15) is 19.7 Å². The number of nitro groups is 1. The molecule has 7 heteroatoms. The fourth-order valence-electron chi connectivity index (χ4n) is 3.44. The van der Waals surface area contributed by atoms with Crippen molar-refractivity contribution in [3.8, 4) is 5.75 Å². The first-order chi connectivity index (χ1) is 13.5. The minimum atomic E-state index is -0.549. The van der Waals surface area contributed by atoms with E-state index in [4.69, 9.17) is 4.74 Å². The molecule has 7 nitrogen and oxygen atoms in total. The molecule has 0 spiro atoms. The molecule has 146 valence electrons. The van der Waals surface area contributed by atoms with E-state index >= 15 is 0 Å². The number of nitrogens with zero attached hydrogens (tertiary/aromatic N) is 2. The largest absolute Gasteiger partial charge is 0.487 e. The van der Waals surface area contributed by atoms with Gasteiger partial charge in [0.15, 0.2) is 11.5 Å². The highest BCUT2D eigenvalue weighted by Gasteiger charge is 2.29. The second-order valence-corrected chi connectivity index (χ2v) is 6.67. The second kappa shape index (κ2) is 8.65. The van der Waals surface area contributed by atoms with E-state index in [2.05, 4.69) is 0 Å².